The molecule has 0 aliphatic heterocycles. The third-order valence-electron chi connectivity index (χ3n) is 5.67. The molecule has 4 aromatic rings. The summed E-state index contributed by atoms with van der Waals surface area (Å²) in [5, 5.41) is 20.3. The van der Waals surface area contributed by atoms with Crippen molar-refractivity contribution >= 4 is 16.7 Å². The molecule has 1 aromatic heterocycles. The molecule has 0 aliphatic rings. The van der Waals surface area contributed by atoms with Gasteiger partial charge >= 0.3 is 0 Å². The maximum atomic E-state index is 13.1. The van der Waals surface area contributed by atoms with Crippen LogP contribution in [-0.4, -0.2) is 20.8 Å². The molecular formula is C25H25N3O2. The third kappa shape index (κ3) is 3.66. The molecule has 0 spiro atoms. The van der Waals surface area contributed by atoms with E-state index in [2.05, 4.69) is 10.4 Å². The number of phenols is 1. The number of amides is 1. The number of carbonyl (C=O) groups is 1. The van der Waals surface area contributed by atoms with Crippen molar-refractivity contribution in [1.82, 2.24) is 15.1 Å². The first-order valence-electron chi connectivity index (χ1n) is 9.99. The van der Waals surface area contributed by atoms with Crippen LogP contribution in [0.2, 0.25) is 0 Å². The van der Waals surface area contributed by atoms with E-state index in [0.29, 0.717) is 5.56 Å². The lowest BCUT2D eigenvalue weighted by molar-refractivity contribution is -0.120. The Hall–Kier alpha value is -3.60. The minimum absolute atomic E-state index is 0.115. The Balaban J connectivity index is 1.76. The van der Waals surface area contributed by atoms with Gasteiger partial charge in [0.05, 0.1) is 18.2 Å². The number of benzene rings is 3. The van der Waals surface area contributed by atoms with Gasteiger partial charge < -0.3 is 10.4 Å². The molecule has 1 amide bonds. The summed E-state index contributed by atoms with van der Waals surface area (Å²) < 4.78 is 1.79. The average molecular weight is 399 g/mol. The van der Waals surface area contributed by atoms with Crippen LogP contribution in [0, 0.1) is 13.8 Å². The first-order valence-corrected chi connectivity index (χ1v) is 9.99. The van der Waals surface area contributed by atoms with Gasteiger partial charge in [-0.2, -0.15) is 5.10 Å². The second-order valence-corrected chi connectivity index (χ2v) is 7.58. The van der Waals surface area contributed by atoms with E-state index in [1.807, 2.05) is 81.6 Å². The molecule has 4 rings (SSSR count). The van der Waals surface area contributed by atoms with Gasteiger partial charge in [-0.15, -0.1) is 0 Å². The second-order valence-electron chi connectivity index (χ2n) is 7.58. The zero-order valence-corrected chi connectivity index (χ0v) is 17.4. The molecule has 0 saturated heterocycles. The molecule has 0 aliphatic carbocycles. The molecule has 3 aromatic carbocycles. The minimum atomic E-state index is -0.470. The maximum Gasteiger partial charge on any atom is 0.225 e. The van der Waals surface area contributed by atoms with E-state index in [1.165, 1.54) is 0 Å². The van der Waals surface area contributed by atoms with E-state index >= 15 is 0 Å². The van der Waals surface area contributed by atoms with Crippen LogP contribution in [0.1, 0.15) is 34.1 Å². The van der Waals surface area contributed by atoms with Crippen LogP contribution in [0.3, 0.4) is 0 Å². The van der Waals surface area contributed by atoms with Gasteiger partial charge in [0.25, 0.3) is 0 Å². The van der Waals surface area contributed by atoms with Crippen molar-refractivity contribution in [2.75, 3.05) is 0 Å². The number of carbonyl (C=O) groups excluding carboxylic acids is 1. The summed E-state index contributed by atoms with van der Waals surface area (Å²) in [4.78, 5) is 13.1. The number of rotatable bonds is 5. The van der Waals surface area contributed by atoms with Crippen molar-refractivity contribution in [2.24, 2.45) is 7.05 Å². The van der Waals surface area contributed by atoms with E-state index in [0.717, 1.165) is 33.3 Å². The summed E-state index contributed by atoms with van der Waals surface area (Å²) in [6, 6.07) is 20.7. The van der Waals surface area contributed by atoms with Crippen molar-refractivity contribution in [3.8, 4) is 5.75 Å². The molecule has 0 saturated carbocycles. The molecule has 2 N–H and O–H groups in total. The Morgan fingerprint density at radius 1 is 1.03 bits per heavy atom. The largest absolute Gasteiger partial charge is 0.508 e. The Labute approximate surface area is 176 Å². The zero-order valence-electron chi connectivity index (χ0n) is 17.4. The maximum absolute atomic E-state index is 13.1. The Kier molecular flexibility index (Phi) is 5.27. The van der Waals surface area contributed by atoms with Gasteiger partial charge in [-0.3, -0.25) is 9.48 Å². The molecule has 152 valence electrons. The number of aromatic hydroxyl groups is 1. The van der Waals surface area contributed by atoms with Crippen LogP contribution >= 0.6 is 0 Å². The van der Waals surface area contributed by atoms with E-state index in [1.54, 1.807) is 10.7 Å². The lowest BCUT2D eigenvalue weighted by Crippen LogP contribution is -2.31. The number of phenolic OH excluding ortho intramolecular Hbond substituents is 1. The quantitative estimate of drug-likeness (QED) is 0.524. The molecule has 1 heterocycles. The third-order valence-corrected chi connectivity index (χ3v) is 5.67. The summed E-state index contributed by atoms with van der Waals surface area (Å²) in [7, 11) is 1.88. The van der Waals surface area contributed by atoms with Crippen molar-refractivity contribution in [2.45, 2.75) is 26.3 Å². The summed E-state index contributed by atoms with van der Waals surface area (Å²) in [5.41, 5.74) is 4.38. The Morgan fingerprint density at radius 3 is 2.43 bits per heavy atom. The average Bonchev–Trinajstić information content (AvgIpc) is 2.99. The number of nitrogens with zero attached hydrogens (tertiary/aromatic N) is 2. The van der Waals surface area contributed by atoms with E-state index in [4.69, 9.17) is 0 Å². The molecule has 0 bridgehead atoms. The second kappa shape index (κ2) is 8.03. The van der Waals surface area contributed by atoms with Crippen molar-refractivity contribution in [3.05, 3.63) is 94.8 Å². The lowest BCUT2D eigenvalue weighted by Gasteiger charge is -2.23. The molecule has 5 heteroatoms. The van der Waals surface area contributed by atoms with Crippen molar-refractivity contribution < 1.29 is 9.90 Å². The van der Waals surface area contributed by atoms with Crippen molar-refractivity contribution in [3.63, 3.8) is 0 Å². The monoisotopic (exact) mass is 399 g/mol. The van der Waals surface area contributed by atoms with E-state index in [9.17, 15) is 9.90 Å². The molecule has 0 unspecified atom stereocenters. The predicted molar refractivity (Wildman–Crippen MR) is 118 cm³/mol. The van der Waals surface area contributed by atoms with Crippen LogP contribution in [0.5, 0.6) is 5.75 Å². The highest BCUT2D eigenvalue weighted by Gasteiger charge is 2.23. The topological polar surface area (TPSA) is 67.2 Å². The van der Waals surface area contributed by atoms with Gasteiger partial charge in [-0.1, -0.05) is 60.7 Å². The van der Waals surface area contributed by atoms with Crippen molar-refractivity contribution in [1.29, 1.82) is 0 Å². The fourth-order valence-corrected chi connectivity index (χ4v) is 4.00. The van der Waals surface area contributed by atoms with Gasteiger partial charge in [0.1, 0.15) is 5.75 Å². The van der Waals surface area contributed by atoms with Gasteiger partial charge in [0.2, 0.25) is 5.91 Å². The van der Waals surface area contributed by atoms with E-state index < -0.39 is 6.04 Å². The molecule has 0 radical (unpaired) electrons. The molecule has 30 heavy (non-hydrogen) atoms. The van der Waals surface area contributed by atoms with Crippen LogP contribution in [0.4, 0.5) is 0 Å². The Bertz CT molecular complexity index is 1210. The van der Waals surface area contributed by atoms with Crippen LogP contribution in [0.15, 0.2) is 66.7 Å². The highest BCUT2D eigenvalue weighted by molar-refractivity contribution is 5.89. The highest BCUT2D eigenvalue weighted by Crippen LogP contribution is 2.35. The van der Waals surface area contributed by atoms with E-state index in [-0.39, 0.29) is 18.1 Å². The van der Waals surface area contributed by atoms with Gasteiger partial charge in [0.15, 0.2) is 0 Å². The fourth-order valence-electron chi connectivity index (χ4n) is 4.00. The first-order chi connectivity index (χ1) is 14.5. The summed E-state index contributed by atoms with van der Waals surface area (Å²) in [5.74, 6) is 0.0481. The predicted octanol–water partition coefficient (Wildman–Crippen LogP) is 4.34. The number of aryl methyl sites for hydroxylation is 2. The van der Waals surface area contributed by atoms with Gasteiger partial charge in [-0.25, -0.2) is 0 Å². The smallest absolute Gasteiger partial charge is 0.225 e. The van der Waals surface area contributed by atoms with Crippen LogP contribution in [0.25, 0.3) is 10.8 Å². The molecule has 0 fully saturated rings. The van der Waals surface area contributed by atoms with Crippen LogP contribution < -0.4 is 5.32 Å². The first kappa shape index (κ1) is 19.7. The minimum Gasteiger partial charge on any atom is -0.508 e. The normalized spacial score (nSPS) is 12.1. The summed E-state index contributed by atoms with van der Waals surface area (Å²) >= 11 is 0. The molecule has 5 nitrogen and oxygen atoms in total. The fraction of sp³-hybridized carbons (Fsp3) is 0.200. The highest BCUT2D eigenvalue weighted by atomic mass is 16.3. The standard InChI is InChI=1S/C25H25N3O2/c1-16-21(17(2)28(3)27-16)15-23(30)26-25(19-10-5-4-6-11-19)24-20-12-8-7-9-18(20)13-14-22(24)29/h4-14,25,29H,15H2,1-3H3,(H,26,30)/t25-/m0/s1. The molecular weight excluding hydrogens is 374 g/mol. The number of nitrogens with one attached hydrogen (secondary N) is 1. The number of hydrogen-bond acceptors (Lipinski definition) is 3. The summed E-state index contributed by atoms with van der Waals surface area (Å²) in [6.07, 6.45) is 0.236. The van der Waals surface area contributed by atoms with Crippen LogP contribution in [-0.2, 0) is 18.3 Å². The van der Waals surface area contributed by atoms with Gasteiger partial charge in [-0.05, 0) is 36.2 Å². The number of aromatic nitrogens is 2. The van der Waals surface area contributed by atoms with Gasteiger partial charge in [0, 0.05) is 23.9 Å². The number of hydrogen-bond donors (Lipinski definition) is 2. The lowest BCUT2D eigenvalue weighted by atomic mass is 9.92. The summed E-state index contributed by atoms with van der Waals surface area (Å²) in [6.45, 7) is 3.88. The SMILES string of the molecule is Cc1nn(C)c(C)c1CC(=O)N[C@@H](c1ccccc1)c1c(O)ccc2ccccc12. The Morgan fingerprint density at radius 2 is 1.73 bits per heavy atom. The molecule has 1 atom stereocenters. The zero-order chi connectivity index (χ0) is 21.3. The number of fused-ring (bicyclic) bond motifs is 1.